The van der Waals surface area contributed by atoms with Crippen LogP contribution in [-0.2, 0) is 6.18 Å². The van der Waals surface area contributed by atoms with Gasteiger partial charge in [0.25, 0.3) is 0 Å². The summed E-state index contributed by atoms with van der Waals surface area (Å²) in [6, 6.07) is 1.59. The highest BCUT2D eigenvalue weighted by Crippen LogP contribution is 2.36. The van der Waals surface area contributed by atoms with Crippen molar-refractivity contribution in [2.75, 3.05) is 24.5 Å². The molecule has 2 bridgehead atoms. The summed E-state index contributed by atoms with van der Waals surface area (Å²) in [5.41, 5.74) is 0.663. The number of hydrogen-bond donors (Lipinski definition) is 0. The second kappa shape index (κ2) is 6.14. The SMILES string of the molecule is Cc1ncc(C(F)(F)F)cc1N1CC(I)N2CCCC1CC2. The molecule has 22 heavy (non-hydrogen) atoms. The quantitative estimate of drug-likeness (QED) is 0.387. The standard InChI is InChI=1S/C15H19F3IN3/c1-10-13(7-11(8-20-10)15(16,17)18)22-9-14(19)21-5-2-3-12(22)4-6-21/h7-8,12,14H,2-6,9H2,1H3. The highest BCUT2D eigenvalue weighted by atomic mass is 127. The summed E-state index contributed by atoms with van der Waals surface area (Å²) in [6.07, 6.45) is -0.258. The molecule has 1 aromatic heterocycles. The van der Waals surface area contributed by atoms with Crippen molar-refractivity contribution < 1.29 is 13.2 Å². The molecule has 2 saturated heterocycles. The van der Waals surface area contributed by atoms with E-state index in [0.717, 1.165) is 45.1 Å². The topological polar surface area (TPSA) is 19.4 Å². The molecule has 122 valence electrons. The molecule has 0 aromatic carbocycles. The van der Waals surface area contributed by atoms with Gasteiger partial charge >= 0.3 is 6.18 Å². The average molecular weight is 425 g/mol. The van der Waals surface area contributed by atoms with E-state index in [-0.39, 0.29) is 0 Å². The summed E-state index contributed by atoms with van der Waals surface area (Å²) < 4.78 is 39.4. The van der Waals surface area contributed by atoms with Gasteiger partial charge in [0.1, 0.15) is 0 Å². The van der Waals surface area contributed by atoms with E-state index in [0.29, 0.717) is 21.5 Å². The highest BCUT2D eigenvalue weighted by molar-refractivity contribution is 14.1. The molecule has 0 amide bonds. The molecule has 0 radical (unpaired) electrons. The second-order valence-electron chi connectivity index (χ2n) is 6.03. The molecule has 0 spiro atoms. The van der Waals surface area contributed by atoms with E-state index in [1.165, 1.54) is 6.07 Å². The van der Waals surface area contributed by atoms with Crippen LogP contribution in [0.1, 0.15) is 30.5 Å². The lowest BCUT2D eigenvalue weighted by atomic mass is 10.1. The van der Waals surface area contributed by atoms with Crippen LogP contribution in [0.3, 0.4) is 0 Å². The van der Waals surface area contributed by atoms with Gasteiger partial charge in [0.2, 0.25) is 0 Å². The predicted molar refractivity (Wildman–Crippen MR) is 88.3 cm³/mol. The van der Waals surface area contributed by atoms with Gasteiger partial charge in [0.05, 0.1) is 21.0 Å². The Morgan fingerprint density at radius 3 is 2.77 bits per heavy atom. The Morgan fingerprint density at radius 2 is 2.05 bits per heavy atom. The zero-order valence-electron chi connectivity index (χ0n) is 12.4. The van der Waals surface area contributed by atoms with Gasteiger partial charge in [-0.2, -0.15) is 13.2 Å². The van der Waals surface area contributed by atoms with Gasteiger partial charge < -0.3 is 4.90 Å². The number of aryl methyl sites for hydroxylation is 1. The molecular formula is C15H19F3IN3. The fourth-order valence-corrected chi connectivity index (χ4v) is 4.36. The van der Waals surface area contributed by atoms with Gasteiger partial charge in [-0.1, -0.05) is 22.6 Å². The summed E-state index contributed by atoms with van der Waals surface area (Å²) in [4.78, 5) is 8.61. The Balaban J connectivity index is 1.98. The number of alkyl halides is 4. The molecule has 3 unspecified atom stereocenters. The number of rotatable bonds is 1. The predicted octanol–water partition coefficient (Wildman–Crippen LogP) is 3.84. The second-order valence-corrected chi connectivity index (χ2v) is 7.47. The number of nitrogens with zero attached hydrogens (tertiary/aromatic N) is 3. The van der Waals surface area contributed by atoms with E-state index >= 15 is 0 Å². The third-order valence-electron chi connectivity index (χ3n) is 4.61. The maximum atomic E-state index is 13.0. The van der Waals surface area contributed by atoms with E-state index in [1.807, 2.05) is 0 Å². The molecule has 3 atom stereocenters. The third kappa shape index (κ3) is 3.20. The first-order chi connectivity index (χ1) is 10.4. The molecule has 1 aromatic rings. The zero-order valence-corrected chi connectivity index (χ0v) is 14.6. The molecule has 2 fully saturated rings. The monoisotopic (exact) mass is 425 g/mol. The lowest BCUT2D eigenvalue weighted by molar-refractivity contribution is -0.137. The highest BCUT2D eigenvalue weighted by Gasteiger charge is 2.35. The van der Waals surface area contributed by atoms with Crippen LogP contribution in [0.15, 0.2) is 12.3 Å². The molecule has 0 aliphatic carbocycles. The largest absolute Gasteiger partial charge is 0.417 e. The minimum Gasteiger partial charge on any atom is -0.365 e. The first-order valence-corrected chi connectivity index (χ1v) is 8.79. The van der Waals surface area contributed by atoms with E-state index in [9.17, 15) is 13.2 Å². The number of fused-ring (bicyclic) bond motifs is 3. The van der Waals surface area contributed by atoms with Crippen LogP contribution in [0.2, 0.25) is 0 Å². The van der Waals surface area contributed by atoms with Gasteiger partial charge in [-0.3, -0.25) is 9.88 Å². The molecule has 0 saturated carbocycles. The summed E-state index contributed by atoms with van der Waals surface area (Å²) in [7, 11) is 0. The molecule has 3 heterocycles. The molecule has 2 aliphatic rings. The van der Waals surface area contributed by atoms with Gasteiger partial charge in [0.15, 0.2) is 0 Å². The Bertz CT molecular complexity index is 549. The molecular weight excluding hydrogens is 406 g/mol. The van der Waals surface area contributed by atoms with E-state index in [2.05, 4.69) is 37.4 Å². The number of hydrogen-bond acceptors (Lipinski definition) is 3. The molecule has 2 aliphatic heterocycles. The maximum Gasteiger partial charge on any atom is 0.417 e. The number of anilines is 1. The van der Waals surface area contributed by atoms with Crippen LogP contribution in [0, 0.1) is 6.92 Å². The maximum absolute atomic E-state index is 13.0. The van der Waals surface area contributed by atoms with Crippen molar-refractivity contribution in [3.05, 3.63) is 23.5 Å². The first-order valence-electron chi connectivity index (χ1n) is 7.55. The minimum absolute atomic E-state index is 0.314. The van der Waals surface area contributed by atoms with Gasteiger partial charge in [-0.15, -0.1) is 0 Å². The van der Waals surface area contributed by atoms with Crippen molar-refractivity contribution in [3.8, 4) is 0 Å². The Kier molecular flexibility index (Phi) is 4.55. The lowest BCUT2D eigenvalue weighted by Crippen LogP contribution is -2.43. The fraction of sp³-hybridized carbons (Fsp3) is 0.667. The Hall–Kier alpha value is -0.570. The fourth-order valence-electron chi connectivity index (χ4n) is 3.38. The van der Waals surface area contributed by atoms with Gasteiger partial charge in [-0.05, 0) is 38.8 Å². The summed E-state index contributed by atoms with van der Waals surface area (Å²) in [6.45, 7) is 4.68. The summed E-state index contributed by atoms with van der Waals surface area (Å²) in [5, 5.41) is 0. The normalized spacial score (nSPS) is 29.3. The summed E-state index contributed by atoms with van der Waals surface area (Å²) in [5.74, 6) is 0. The first kappa shape index (κ1) is 16.3. The van der Waals surface area contributed by atoms with E-state index < -0.39 is 11.7 Å². The Morgan fingerprint density at radius 1 is 1.27 bits per heavy atom. The minimum atomic E-state index is -4.34. The molecule has 3 nitrogen and oxygen atoms in total. The average Bonchev–Trinajstić information content (AvgIpc) is 2.76. The number of pyridine rings is 1. The zero-order chi connectivity index (χ0) is 15.9. The van der Waals surface area contributed by atoms with Crippen LogP contribution in [0.25, 0.3) is 0 Å². The van der Waals surface area contributed by atoms with Crippen molar-refractivity contribution in [1.82, 2.24) is 9.88 Å². The van der Waals surface area contributed by atoms with Crippen molar-refractivity contribution in [1.29, 1.82) is 0 Å². The van der Waals surface area contributed by atoms with Crippen LogP contribution < -0.4 is 4.90 Å². The molecule has 3 rings (SSSR count). The van der Waals surface area contributed by atoms with E-state index in [1.54, 1.807) is 6.92 Å². The number of halogens is 4. The molecule has 0 N–H and O–H groups in total. The van der Waals surface area contributed by atoms with Crippen LogP contribution in [0.4, 0.5) is 18.9 Å². The van der Waals surface area contributed by atoms with Crippen molar-refractivity contribution in [2.45, 2.75) is 42.5 Å². The van der Waals surface area contributed by atoms with Crippen LogP contribution in [0.5, 0.6) is 0 Å². The van der Waals surface area contributed by atoms with Crippen LogP contribution in [-0.4, -0.2) is 39.6 Å². The Labute approximate surface area is 142 Å². The van der Waals surface area contributed by atoms with E-state index in [4.69, 9.17) is 0 Å². The van der Waals surface area contributed by atoms with Gasteiger partial charge in [0, 0.05) is 25.3 Å². The van der Waals surface area contributed by atoms with Gasteiger partial charge in [-0.25, -0.2) is 0 Å². The smallest absolute Gasteiger partial charge is 0.365 e. The summed E-state index contributed by atoms with van der Waals surface area (Å²) >= 11 is 2.41. The van der Waals surface area contributed by atoms with Crippen molar-refractivity contribution in [2.24, 2.45) is 0 Å². The lowest BCUT2D eigenvalue weighted by Gasteiger charge is -2.36. The van der Waals surface area contributed by atoms with Crippen molar-refractivity contribution >= 4 is 28.3 Å². The molecule has 7 heteroatoms. The van der Waals surface area contributed by atoms with Crippen molar-refractivity contribution in [3.63, 3.8) is 0 Å². The van der Waals surface area contributed by atoms with Crippen LogP contribution >= 0.6 is 22.6 Å². The third-order valence-corrected chi connectivity index (χ3v) is 5.80. The number of aromatic nitrogens is 1.